The van der Waals surface area contributed by atoms with Crippen LogP contribution in [-0.4, -0.2) is 28.7 Å². The summed E-state index contributed by atoms with van der Waals surface area (Å²) in [6, 6.07) is 0. The molecule has 0 bridgehead atoms. The first-order chi connectivity index (χ1) is 9.20. The summed E-state index contributed by atoms with van der Waals surface area (Å²) in [4.78, 5) is 10.1. The monoisotopic (exact) mass is 272 g/mol. The van der Waals surface area contributed by atoms with E-state index in [0.29, 0.717) is 6.42 Å². The zero-order valence-corrected chi connectivity index (χ0v) is 12.5. The van der Waals surface area contributed by atoms with Crippen LogP contribution in [0, 0.1) is 0 Å². The summed E-state index contributed by atoms with van der Waals surface area (Å²) in [6.07, 6.45) is 11.8. The summed E-state index contributed by atoms with van der Waals surface area (Å²) >= 11 is 0. The smallest absolute Gasteiger partial charge is 0.119 e. The van der Waals surface area contributed by atoms with E-state index in [1.54, 1.807) is 0 Å². The fraction of sp³-hybridized carbons (Fsp3) is 0.938. The molecule has 3 nitrogen and oxygen atoms in total. The van der Waals surface area contributed by atoms with Crippen LogP contribution in [0.25, 0.3) is 0 Å². The van der Waals surface area contributed by atoms with Gasteiger partial charge in [-0.3, -0.25) is 0 Å². The number of aliphatic hydroxyl groups is 2. The fourth-order valence-electron chi connectivity index (χ4n) is 2.29. The summed E-state index contributed by atoms with van der Waals surface area (Å²) < 4.78 is 0. The topological polar surface area (TPSA) is 57.5 Å². The molecule has 0 saturated carbocycles. The Morgan fingerprint density at radius 2 is 1.32 bits per heavy atom. The van der Waals surface area contributed by atoms with Gasteiger partial charge in [0.15, 0.2) is 0 Å². The molecule has 0 aromatic carbocycles. The first-order valence-electron chi connectivity index (χ1n) is 8.00. The second kappa shape index (κ2) is 14.0. The van der Waals surface area contributed by atoms with Crippen molar-refractivity contribution < 1.29 is 15.0 Å². The number of carbonyl (C=O) groups is 1. The lowest BCUT2D eigenvalue weighted by Crippen LogP contribution is -2.10. The molecule has 0 aliphatic rings. The molecule has 2 atom stereocenters. The Labute approximate surface area is 118 Å². The van der Waals surface area contributed by atoms with Crippen molar-refractivity contribution in [2.45, 2.75) is 96.2 Å². The lowest BCUT2D eigenvalue weighted by atomic mass is 10.0. The normalized spacial score (nSPS) is 14.3. The van der Waals surface area contributed by atoms with E-state index in [0.717, 1.165) is 64.1 Å². The van der Waals surface area contributed by atoms with Crippen LogP contribution in [-0.2, 0) is 4.79 Å². The number of hydrogen-bond acceptors (Lipinski definition) is 3. The van der Waals surface area contributed by atoms with Crippen LogP contribution in [0.5, 0.6) is 0 Å². The third kappa shape index (κ3) is 13.8. The van der Waals surface area contributed by atoms with E-state index in [9.17, 15) is 15.0 Å². The summed E-state index contributed by atoms with van der Waals surface area (Å²) in [5.74, 6) is 0. The van der Waals surface area contributed by atoms with Crippen molar-refractivity contribution in [3.8, 4) is 0 Å². The molecule has 3 heteroatoms. The molecule has 2 unspecified atom stereocenters. The molecule has 0 fully saturated rings. The predicted molar refractivity (Wildman–Crippen MR) is 79.2 cm³/mol. The molecule has 0 rings (SSSR count). The molecule has 2 N–H and O–H groups in total. The molecule has 0 aliphatic heterocycles. The van der Waals surface area contributed by atoms with Crippen LogP contribution in [0.4, 0.5) is 0 Å². The highest BCUT2D eigenvalue weighted by molar-refractivity contribution is 5.48. The number of aldehydes is 1. The lowest BCUT2D eigenvalue weighted by Gasteiger charge is -2.13. The maximum atomic E-state index is 10.1. The Morgan fingerprint density at radius 1 is 0.789 bits per heavy atom. The fourth-order valence-corrected chi connectivity index (χ4v) is 2.29. The molecular weight excluding hydrogens is 240 g/mol. The molecule has 0 aromatic heterocycles. The standard InChI is InChI=1S/C16H32O3/c1-2-3-6-10-15(18)12-9-13-16(19)11-7-4-5-8-14-17/h14-16,18-19H,2-13H2,1H3. The molecule has 0 amide bonds. The second-order valence-electron chi connectivity index (χ2n) is 5.54. The van der Waals surface area contributed by atoms with Gasteiger partial charge in [0.1, 0.15) is 6.29 Å². The maximum absolute atomic E-state index is 10.1. The van der Waals surface area contributed by atoms with Gasteiger partial charge in [-0.15, -0.1) is 0 Å². The Hall–Kier alpha value is -0.410. The van der Waals surface area contributed by atoms with E-state index in [-0.39, 0.29) is 12.2 Å². The molecule has 0 aliphatic carbocycles. The van der Waals surface area contributed by atoms with E-state index < -0.39 is 0 Å². The highest BCUT2D eigenvalue weighted by Crippen LogP contribution is 2.14. The zero-order valence-electron chi connectivity index (χ0n) is 12.5. The van der Waals surface area contributed by atoms with Crippen LogP contribution in [0.15, 0.2) is 0 Å². The quantitative estimate of drug-likeness (QED) is 0.375. The number of hydrogen-bond donors (Lipinski definition) is 2. The van der Waals surface area contributed by atoms with Crippen LogP contribution < -0.4 is 0 Å². The number of carbonyl (C=O) groups excluding carboxylic acids is 1. The molecule has 19 heavy (non-hydrogen) atoms. The van der Waals surface area contributed by atoms with Crippen molar-refractivity contribution in [1.29, 1.82) is 0 Å². The van der Waals surface area contributed by atoms with Crippen LogP contribution in [0.2, 0.25) is 0 Å². The minimum Gasteiger partial charge on any atom is -0.393 e. The molecule has 0 radical (unpaired) electrons. The lowest BCUT2D eigenvalue weighted by molar-refractivity contribution is -0.107. The number of aliphatic hydroxyl groups excluding tert-OH is 2. The average Bonchev–Trinajstić information content (AvgIpc) is 2.39. The third-order valence-corrected chi connectivity index (χ3v) is 3.57. The highest BCUT2D eigenvalue weighted by Gasteiger charge is 2.07. The van der Waals surface area contributed by atoms with Crippen molar-refractivity contribution in [2.24, 2.45) is 0 Å². The van der Waals surface area contributed by atoms with Crippen LogP contribution in [0.3, 0.4) is 0 Å². The molecule has 0 saturated heterocycles. The summed E-state index contributed by atoms with van der Waals surface area (Å²) in [6.45, 7) is 2.16. The zero-order chi connectivity index (χ0) is 14.3. The molecular formula is C16H32O3. The van der Waals surface area contributed by atoms with Gasteiger partial charge in [-0.1, -0.05) is 39.0 Å². The Bertz CT molecular complexity index is 194. The third-order valence-electron chi connectivity index (χ3n) is 3.57. The van der Waals surface area contributed by atoms with E-state index in [1.807, 2.05) is 0 Å². The van der Waals surface area contributed by atoms with Gasteiger partial charge in [0, 0.05) is 6.42 Å². The summed E-state index contributed by atoms with van der Waals surface area (Å²) in [5, 5.41) is 19.5. The molecule has 0 heterocycles. The van der Waals surface area contributed by atoms with Gasteiger partial charge in [-0.25, -0.2) is 0 Å². The van der Waals surface area contributed by atoms with Crippen molar-refractivity contribution in [3.63, 3.8) is 0 Å². The van der Waals surface area contributed by atoms with Gasteiger partial charge in [0.2, 0.25) is 0 Å². The van der Waals surface area contributed by atoms with Gasteiger partial charge in [-0.05, 0) is 38.5 Å². The largest absolute Gasteiger partial charge is 0.393 e. The van der Waals surface area contributed by atoms with Gasteiger partial charge < -0.3 is 15.0 Å². The maximum Gasteiger partial charge on any atom is 0.119 e. The summed E-state index contributed by atoms with van der Waals surface area (Å²) in [7, 11) is 0. The van der Waals surface area contributed by atoms with Crippen molar-refractivity contribution in [1.82, 2.24) is 0 Å². The predicted octanol–water partition coefficient (Wildman–Crippen LogP) is 3.61. The minimum absolute atomic E-state index is 0.189. The van der Waals surface area contributed by atoms with Gasteiger partial charge >= 0.3 is 0 Å². The first-order valence-corrected chi connectivity index (χ1v) is 8.00. The SMILES string of the molecule is CCCCCC(O)CCCC(O)CCCCCC=O. The number of unbranched alkanes of at least 4 members (excludes halogenated alkanes) is 5. The average molecular weight is 272 g/mol. The van der Waals surface area contributed by atoms with E-state index in [1.165, 1.54) is 12.8 Å². The Kier molecular flexibility index (Phi) is 13.7. The molecule has 0 aromatic rings. The van der Waals surface area contributed by atoms with Crippen molar-refractivity contribution >= 4 is 6.29 Å². The molecule has 0 spiro atoms. The van der Waals surface area contributed by atoms with Gasteiger partial charge in [0.05, 0.1) is 12.2 Å². The van der Waals surface area contributed by atoms with E-state index in [2.05, 4.69) is 6.92 Å². The Balaban J connectivity index is 3.31. The summed E-state index contributed by atoms with van der Waals surface area (Å²) in [5.41, 5.74) is 0. The van der Waals surface area contributed by atoms with Gasteiger partial charge in [-0.2, -0.15) is 0 Å². The van der Waals surface area contributed by atoms with Crippen molar-refractivity contribution in [3.05, 3.63) is 0 Å². The first kappa shape index (κ1) is 18.6. The molecule has 114 valence electrons. The van der Waals surface area contributed by atoms with E-state index in [4.69, 9.17) is 0 Å². The van der Waals surface area contributed by atoms with E-state index >= 15 is 0 Å². The van der Waals surface area contributed by atoms with Crippen LogP contribution >= 0.6 is 0 Å². The highest BCUT2D eigenvalue weighted by atomic mass is 16.3. The Morgan fingerprint density at radius 3 is 1.84 bits per heavy atom. The van der Waals surface area contributed by atoms with Crippen molar-refractivity contribution in [2.75, 3.05) is 0 Å². The number of rotatable bonds is 14. The second-order valence-corrected chi connectivity index (χ2v) is 5.54. The van der Waals surface area contributed by atoms with Crippen LogP contribution in [0.1, 0.15) is 84.0 Å². The van der Waals surface area contributed by atoms with Gasteiger partial charge in [0.25, 0.3) is 0 Å². The minimum atomic E-state index is -0.237.